The molecule has 7 nitrogen and oxygen atoms in total. The van der Waals surface area contributed by atoms with E-state index >= 15 is 0 Å². The smallest absolute Gasteiger partial charge is 0.180 e. The average Bonchev–Trinajstić information content (AvgIpc) is 2.93. The first-order chi connectivity index (χ1) is 10.7. The van der Waals surface area contributed by atoms with E-state index in [0.717, 1.165) is 17.2 Å². The molecular weight excluding hydrogens is 280 g/mol. The number of aromatic nitrogens is 5. The second kappa shape index (κ2) is 4.74. The molecule has 112 valence electrons. The highest BCUT2D eigenvalue weighted by Gasteiger charge is 2.48. The molecule has 0 spiro atoms. The van der Waals surface area contributed by atoms with Gasteiger partial charge in [-0.1, -0.05) is 0 Å². The summed E-state index contributed by atoms with van der Waals surface area (Å²) in [7, 11) is 3.71. The lowest BCUT2D eigenvalue weighted by Gasteiger charge is -2.48. The largest absolute Gasteiger partial charge is 0.367 e. The van der Waals surface area contributed by atoms with Gasteiger partial charge in [0, 0.05) is 38.9 Å². The number of hydrogen-bond donors (Lipinski definition) is 0. The van der Waals surface area contributed by atoms with Crippen molar-refractivity contribution in [1.29, 1.82) is 0 Å². The Morgan fingerprint density at radius 1 is 1.09 bits per heavy atom. The first kappa shape index (κ1) is 13.1. The number of nitrogens with zero attached hydrogens (tertiary/aromatic N) is 6. The van der Waals surface area contributed by atoms with Crippen LogP contribution >= 0.6 is 0 Å². The molecule has 1 aliphatic rings. The zero-order chi connectivity index (χ0) is 15.2. The third-order valence-corrected chi connectivity index (χ3v) is 4.15. The number of anilines is 1. The molecule has 1 saturated heterocycles. The predicted molar refractivity (Wildman–Crippen MR) is 81.4 cm³/mol. The van der Waals surface area contributed by atoms with E-state index in [1.807, 2.05) is 29.9 Å². The fourth-order valence-corrected chi connectivity index (χ4v) is 2.92. The lowest BCUT2D eigenvalue weighted by molar-refractivity contribution is -0.0476. The van der Waals surface area contributed by atoms with Crippen LogP contribution in [0.25, 0.3) is 11.2 Å². The lowest BCUT2D eigenvalue weighted by atomic mass is 9.92. The Hall–Kier alpha value is -2.54. The van der Waals surface area contributed by atoms with Crippen molar-refractivity contribution in [3.05, 3.63) is 42.7 Å². The van der Waals surface area contributed by atoms with Crippen molar-refractivity contribution in [2.45, 2.75) is 5.60 Å². The molecule has 0 saturated carbocycles. The summed E-state index contributed by atoms with van der Waals surface area (Å²) >= 11 is 0. The molecule has 7 heteroatoms. The van der Waals surface area contributed by atoms with Gasteiger partial charge < -0.3 is 14.2 Å². The zero-order valence-corrected chi connectivity index (χ0v) is 12.5. The van der Waals surface area contributed by atoms with Gasteiger partial charge in [0.2, 0.25) is 0 Å². The number of pyridine rings is 1. The van der Waals surface area contributed by atoms with Crippen LogP contribution in [0, 0.1) is 0 Å². The van der Waals surface area contributed by atoms with E-state index in [0.29, 0.717) is 18.7 Å². The minimum Gasteiger partial charge on any atom is -0.367 e. The maximum atomic E-state index is 5.76. The molecule has 0 aromatic carbocycles. The molecule has 0 bridgehead atoms. The molecule has 3 aromatic rings. The molecular formula is C15H16N6O. The fraction of sp³-hybridized carbons (Fsp3) is 0.333. The molecule has 1 aliphatic heterocycles. The summed E-state index contributed by atoms with van der Waals surface area (Å²) in [5, 5.41) is 0. The quantitative estimate of drug-likeness (QED) is 0.721. The Bertz CT molecular complexity index is 824. The van der Waals surface area contributed by atoms with Gasteiger partial charge in [-0.15, -0.1) is 0 Å². The van der Waals surface area contributed by atoms with Crippen LogP contribution in [0.3, 0.4) is 0 Å². The lowest BCUT2D eigenvalue weighted by Crippen LogP contribution is -2.61. The summed E-state index contributed by atoms with van der Waals surface area (Å²) in [6.07, 6.45) is 7.05. The highest BCUT2D eigenvalue weighted by molar-refractivity contribution is 5.72. The SMILES string of the molecule is COC1(c2nccn2C)CN(c2ccc3nccnc3n2)C1. The van der Waals surface area contributed by atoms with Crippen LogP contribution in [0.4, 0.5) is 5.82 Å². The van der Waals surface area contributed by atoms with Crippen LogP contribution in [0.1, 0.15) is 5.82 Å². The van der Waals surface area contributed by atoms with Crippen LogP contribution in [-0.4, -0.2) is 44.7 Å². The molecule has 0 N–H and O–H groups in total. The molecule has 4 heterocycles. The van der Waals surface area contributed by atoms with Gasteiger partial charge in [-0.05, 0) is 12.1 Å². The fourth-order valence-electron chi connectivity index (χ4n) is 2.92. The van der Waals surface area contributed by atoms with Gasteiger partial charge in [-0.2, -0.15) is 0 Å². The Kier molecular flexibility index (Phi) is 2.83. The van der Waals surface area contributed by atoms with Crippen LogP contribution < -0.4 is 4.90 Å². The molecule has 0 unspecified atom stereocenters. The number of methoxy groups -OCH3 is 1. The summed E-state index contributed by atoms with van der Waals surface area (Å²) in [6, 6.07) is 3.91. The highest BCUT2D eigenvalue weighted by Crippen LogP contribution is 2.36. The molecule has 22 heavy (non-hydrogen) atoms. The second-order valence-corrected chi connectivity index (χ2v) is 5.48. The zero-order valence-electron chi connectivity index (χ0n) is 12.5. The molecule has 0 aliphatic carbocycles. The number of imidazole rings is 1. The number of fused-ring (bicyclic) bond motifs is 1. The molecule has 3 aromatic heterocycles. The van der Waals surface area contributed by atoms with Gasteiger partial charge in [0.15, 0.2) is 11.2 Å². The van der Waals surface area contributed by atoms with Crippen molar-refractivity contribution in [2.75, 3.05) is 25.1 Å². The minimum atomic E-state index is -0.378. The Morgan fingerprint density at radius 3 is 2.64 bits per heavy atom. The first-order valence-corrected chi connectivity index (χ1v) is 7.07. The standard InChI is InChI=1S/C15H16N6O/c1-20-8-7-18-14(20)15(22-2)9-21(10-15)12-4-3-11-13(19-12)17-6-5-16-11/h3-8H,9-10H2,1-2H3. The Balaban J connectivity index is 1.62. The van der Waals surface area contributed by atoms with Gasteiger partial charge in [0.05, 0.1) is 13.1 Å². The minimum absolute atomic E-state index is 0.378. The third kappa shape index (κ3) is 1.86. The van der Waals surface area contributed by atoms with Gasteiger partial charge >= 0.3 is 0 Å². The maximum absolute atomic E-state index is 5.76. The van der Waals surface area contributed by atoms with E-state index in [4.69, 9.17) is 4.74 Å². The van der Waals surface area contributed by atoms with Crippen LogP contribution in [0.15, 0.2) is 36.9 Å². The topological polar surface area (TPSA) is 69.0 Å². The van der Waals surface area contributed by atoms with Crippen molar-refractivity contribution < 1.29 is 4.74 Å². The molecule has 0 amide bonds. The summed E-state index contributed by atoms with van der Waals surface area (Å²) in [5.41, 5.74) is 1.08. The molecule has 0 radical (unpaired) electrons. The van der Waals surface area contributed by atoms with Crippen molar-refractivity contribution in [2.24, 2.45) is 7.05 Å². The third-order valence-electron chi connectivity index (χ3n) is 4.15. The van der Waals surface area contributed by atoms with E-state index in [2.05, 4.69) is 24.8 Å². The van der Waals surface area contributed by atoms with Crippen LogP contribution in [0.2, 0.25) is 0 Å². The van der Waals surface area contributed by atoms with Gasteiger partial charge in [0.1, 0.15) is 17.2 Å². The van der Waals surface area contributed by atoms with Crippen molar-refractivity contribution >= 4 is 17.0 Å². The van der Waals surface area contributed by atoms with Gasteiger partial charge in [-0.25, -0.2) is 15.0 Å². The molecule has 1 fully saturated rings. The van der Waals surface area contributed by atoms with E-state index in [1.54, 1.807) is 25.7 Å². The Morgan fingerprint density at radius 2 is 1.91 bits per heavy atom. The number of aryl methyl sites for hydroxylation is 1. The molecule has 4 rings (SSSR count). The van der Waals surface area contributed by atoms with Gasteiger partial charge in [-0.3, -0.25) is 4.98 Å². The van der Waals surface area contributed by atoms with Crippen LogP contribution in [-0.2, 0) is 17.4 Å². The van der Waals surface area contributed by atoms with E-state index in [9.17, 15) is 0 Å². The molecule has 0 atom stereocenters. The van der Waals surface area contributed by atoms with Crippen molar-refractivity contribution in [3.8, 4) is 0 Å². The summed E-state index contributed by atoms with van der Waals surface area (Å²) in [6.45, 7) is 1.43. The maximum Gasteiger partial charge on any atom is 0.180 e. The van der Waals surface area contributed by atoms with Crippen molar-refractivity contribution in [3.63, 3.8) is 0 Å². The Labute approximate surface area is 127 Å². The second-order valence-electron chi connectivity index (χ2n) is 5.48. The number of hydrogen-bond acceptors (Lipinski definition) is 6. The monoisotopic (exact) mass is 296 g/mol. The first-order valence-electron chi connectivity index (χ1n) is 7.07. The summed E-state index contributed by atoms with van der Waals surface area (Å²) in [4.78, 5) is 19.7. The predicted octanol–water partition coefficient (Wildman–Crippen LogP) is 1.12. The highest BCUT2D eigenvalue weighted by atomic mass is 16.5. The summed E-state index contributed by atoms with van der Waals surface area (Å²) < 4.78 is 7.76. The number of rotatable bonds is 3. The summed E-state index contributed by atoms with van der Waals surface area (Å²) in [5.74, 6) is 1.82. The normalized spacial score (nSPS) is 16.7. The average molecular weight is 296 g/mol. The van der Waals surface area contributed by atoms with E-state index in [1.165, 1.54) is 0 Å². The van der Waals surface area contributed by atoms with Crippen LogP contribution in [0.5, 0.6) is 0 Å². The number of ether oxygens (including phenoxy) is 1. The van der Waals surface area contributed by atoms with E-state index in [-0.39, 0.29) is 5.60 Å². The van der Waals surface area contributed by atoms with Gasteiger partial charge in [0.25, 0.3) is 0 Å². The van der Waals surface area contributed by atoms with Crippen molar-refractivity contribution in [1.82, 2.24) is 24.5 Å². The van der Waals surface area contributed by atoms with E-state index < -0.39 is 0 Å².